The lowest BCUT2D eigenvalue weighted by Gasteiger charge is -2.23. The number of ether oxygens (including phenoxy) is 1. The number of hydrogen-bond donors (Lipinski definition) is 0. The monoisotopic (exact) mass is 391 g/mol. The van der Waals surface area contributed by atoms with Crippen molar-refractivity contribution in [2.45, 2.75) is 32.5 Å². The first-order valence-corrected chi connectivity index (χ1v) is 10.4. The molecule has 0 saturated carbocycles. The van der Waals surface area contributed by atoms with E-state index < -0.39 is 0 Å². The van der Waals surface area contributed by atoms with Crippen molar-refractivity contribution in [3.63, 3.8) is 0 Å². The van der Waals surface area contributed by atoms with E-state index in [2.05, 4.69) is 47.2 Å². The molecular weight excluding hydrogens is 362 g/mol. The zero-order valence-electron chi connectivity index (χ0n) is 17.3. The Morgan fingerprint density at radius 3 is 2.76 bits per heavy atom. The summed E-state index contributed by atoms with van der Waals surface area (Å²) in [5.41, 5.74) is 3.23. The number of likely N-dealkylation sites (tertiary alicyclic amines) is 1. The molecule has 1 aliphatic heterocycles. The van der Waals surface area contributed by atoms with E-state index in [9.17, 15) is 0 Å². The number of benzene rings is 2. The van der Waals surface area contributed by atoms with Crippen molar-refractivity contribution in [3.05, 3.63) is 72.1 Å². The summed E-state index contributed by atoms with van der Waals surface area (Å²) >= 11 is 0. The Kier molecular flexibility index (Phi) is 6.27. The van der Waals surface area contributed by atoms with E-state index in [1.807, 2.05) is 31.2 Å². The average molecular weight is 392 g/mol. The zero-order valence-corrected chi connectivity index (χ0v) is 17.3. The normalized spacial score (nSPS) is 17.1. The van der Waals surface area contributed by atoms with Crippen molar-refractivity contribution in [1.29, 1.82) is 0 Å². The van der Waals surface area contributed by atoms with Crippen LogP contribution in [-0.4, -0.2) is 47.6 Å². The number of hydrogen-bond acceptors (Lipinski definition) is 5. The van der Waals surface area contributed by atoms with Gasteiger partial charge in [0, 0.05) is 32.2 Å². The highest BCUT2D eigenvalue weighted by Crippen LogP contribution is 2.29. The molecule has 1 aromatic heterocycles. The van der Waals surface area contributed by atoms with Crippen LogP contribution < -0.4 is 4.74 Å². The lowest BCUT2D eigenvalue weighted by molar-refractivity contribution is 0.220. The summed E-state index contributed by atoms with van der Waals surface area (Å²) in [6.07, 6.45) is 2.95. The van der Waals surface area contributed by atoms with Crippen LogP contribution in [0, 0.1) is 0 Å². The number of likely N-dealkylation sites (N-methyl/N-ethyl adjacent to an activating group) is 1. The molecule has 0 N–H and O–H groups in total. The fraction of sp³-hybridized carbons (Fsp3) is 0.375. The van der Waals surface area contributed by atoms with Crippen LogP contribution >= 0.6 is 0 Å². The number of oxazole rings is 1. The maximum atomic E-state index is 5.77. The molecule has 1 aliphatic rings. The van der Waals surface area contributed by atoms with E-state index in [4.69, 9.17) is 14.1 Å². The Morgan fingerprint density at radius 1 is 1.14 bits per heavy atom. The predicted octanol–water partition coefficient (Wildman–Crippen LogP) is 4.45. The van der Waals surface area contributed by atoms with Gasteiger partial charge < -0.3 is 9.15 Å². The molecule has 29 heavy (non-hydrogen) atoms. The molecule has 152 valence electrons. The molecule has 2 heterocycles. The molecule has 1 saturated heterocycles. The van der Waals surface area contributed by atoms with E-state index in [1.54, 1.807) is 6.26 Å². The lowest BCUT2D eigenvalue weighted by atomic mass is 10.2. The molecule has 2 aromatic carbocycles. The third kappa shape index (κ3) is 4.86. The Morgan fingerprint density at radius 2 is 1.93 bits per heavy atom. The van der Waals surface area contributed by atoms with Crippen molar-refractivity contribution in [2.75, 3.05) is 26.7 Å². The summed E-state index contributed by atoms with van der Waals surface area (Å²) in [6, 6.07) is 19.1. The molecule has 4 rings (SSSR count). The van der Waals surface area contributed by atoms with Crippen LogP contribution in [0.25, 0.3) is 11.5 Å². The third-order valence-electron chi connectivity index (χ3n) is 5.50. The minimum absolute atomic E-state index is 0.537. The molecule has 0 amide bonds. The van der Waals surface area contributed by atoms with E-state index >= 15 is 0 Å². The fourth-order valence-electron chi connectivity index (χ4n) is 3.97. The zero-order chi connectivity index (χ0) is 20.1. The Bertz CT molecular complexity index is 909. The quantitative estimate of drug-likeness (QED) is 0.568. The second kappa shape index (κ2) is 9.25. The van der Waals surface area contributed by atoms with Crippen molar-refractivity contribution in [2.24, 2.45) is 0 Å². The van der Waals surface area contributed by atoms with Crippen molar-refractivity contribution in [3.8, 4) is 17.2 Å². The highest BCUT2D eigenvalue weighted by atomic mass is 16.5. The van der Waals surface area contributed by atoms with Crippen LogP contribution in [-0.2, 0) is 13.1 Å². The number of rotatable bonds is 8. The summed E-state index contributed by atoms with van der Waals surface area (Å²) in [4.78, 5) is 9.64. The Balaban J connectivity index is 1.36. The van der Waals surface area contributed by atoms with Gasteiger partial charge in [-0.05, 0) is 38.1 Å². The molecule has 5 heteroatoms. The maximum absolute atomic E-state index is 5.77. The van der Waals surface area contributed by atoms with Crippen LogP contribution in [0.5, 0.6) is 5.75 Å². The fourth-order valence-corrected chi connectivity index (χ4v) is 3.97. The molecule has 0 radical (unpaired) electrons. The topological polar surface area (TPSA) is 41.7 Å². The lowest BCUT2D eigenvalue weighted by Crippen LogP contribution is -2.34. The van der Waals surface area contributed by atoms with E-state index in [0.717, 1.165) is 43.2 Å². The van der Waals surface area contributed by atoms with Crippen LogP contribution in [0.3, 0.4) is 0 Å². The molecule has 1 unspecified atom stereocenters. The molecule has 0 aliphatic carbocycles. The smallest absolute Gasteiger partial charge is 0.229 e. The van der Waals surface area contributed by atoms with Gasteiger partial charge in [-0.15, -0.1) is 0 Å². The van der Waals surface area contributed by atoms with Crippen LogP contribution in [0.2, 0.25) is 0 Å². The van der Waals surface area contributed by atoms with Crippen LogP contribution in [0.4, 0.5) is 0 Å². The number of nitrogens with zero attached hydrogens (tertiary/aromatic N) is 3. The Hall–Kier alpha value is -2.63. The van der Waals surface area contributed by atoms with Gasteiger partial charge in [-0.3, -0.25) is 9.80 Å². The molecule has 5 nitrogen and oxygen atoms in total. The van der Waals surface area contributed by atoms with Crippen molar-refractivity contribution in [1.82, 2.24) is 14.8 Å². The number of para-hydroxylation sites is 1. The molecule has 1 atom stereocenters. The summed E-state index contributed by atoms with van der Waals surface area (Å²) in [5, 5.41) is 0. The standard InChI is InChI=1S/C24H29N3O2/c1-3-28-23-12-8-7-11-22(23)24-25-20(18-29-24)16-26(2)21-13-14-27(17-21)15-19-9-5-4-6-10-19/h4-12,18,21H,3,13-17H2,1-2H3. The first kappa shape index (κ1) is 19.7. The highest BCUT2D eigenvalue weighted by molar-refractivity contribution is 5.62. The first-order chi connectivity index (χ1) is 14.2. The largest absolute Gasteiger partial charge is 0.493 e. The van der Waals surface area contributed by atoms with Gasteiger partial charge in [0.15, 0.2) is 0 Å². The van der Waals surface area contributed by atoms with E-state index in [1.165, 1.54) is 12.0 Å². The maximum Gasteiger partial charge on any atom is 0.229 e. The van der Waals surface area contributed by atoms with Gasteiger partial charge in [0.25, 0.3) is 0 Å². The minimum Gasteiger partial charge on any atom is -0.493 e. The van der Waals surface area contributed by atoms with Gasteiger partial charge in [-0.25, -0.2) is 4.98 Å². The highest BCUT2D eigenvalue weighted by Gasteiger charge is 2.26. The van der Waals surface area contributed by atoms with Crippen LogP contribution in [0.1, 0.15) is 24.6 Å². The first-order valence-electron chi connectivity index (χ1n) is 10.4. The number of aromatic nitrogens is 1. The minimum atomic E-state index is 0.537. The second-order valence-corrected chi connectivity index (χ2v) is 7.65. The van der Waals surface area contributed by atoms with Crippen LogP contribution in [0.15, 0.2) is 65.3 Å². The molecule has 1 fully saturated rings. The van der Waals surface area contributed by atoms with E-state index in [-0.39, 0.29) is 0 Å². The molecular formula is C24H29N3O2. The molecule has 0 spiro atoms. The summed E-state index contributed by atoms with van der Waals surface area (Å²) in [5.74, 6) is 1.43. The summed E-state index contributed by atoms with van der Waals surface area (Å²) < 4.78 is 11.5. The van der Waals surface area contributed by atoms with E-state index in [0.29, 0.717) is 18.5 Å². The third-order valence-corrected chi connectivity index (χ3v) is 5.50. The van der Waals surface area contributed by atoms with Crippen molar-refractivity contribution >= 4 is 0 Å². The van der Waals surface area contributed by atoms with Gasteiger partial charge in [-0.2, -0.15) is 0 Å². The molecule has 0 bridgehead atoms. The van der Waals surface area contributed by atoms with Gasteiger partial charge in [-0.1, -0.05) is 42.5 Å². The van der Waals surface area contributed by atoms with Crippen molar-refractivity contribution < 1.29 is 9.15 Å². The van der Waals surface area contributed by atoms with Gasteiger partial charge in [0.1, 0.15) is 12.0 Å². The average Bonchev–Trinajstić information content (AvgIpc) is 3.39. The van der Waals surface area contributed by atoms with Gasteiger partial charge in [0.05, 0.1) is 17.9 Å². The van der Waals surface area contributed by atoms with Gasteiger partial charge in [0.2, 0.25) is 5.89 Å². The predicted molar refractivity (Wildman–Crippen MR) is 115 cm³/mol. The summed E-state index contributed by atoms with van der Waals surface area (Å²) in [7, 11) is 2.18. The SMILES string of the molecule is CCOc1ccccc1-c1nc(CN(C)C2CCN(Cc3ccccc3)C2)co1. The molecule has 3 aromatic rings. The summed E-state index contributed by atoms with van der Waals surface area (Å²) in [6.45, 7) is 6.63. The Labute approximate surface area is 172 Å². The second-order valence-electron chi connectivity index (χ2n) is 7.65. The van der Waals surface area contributed by atoms with Gasteiger partial charge >= 0.3 is 0 Å².